The molecule has 0 aliphatic rings. The number of esters is 1. The molecule has 0 saturated heterocycles. The first-order valence-corrected chi connectivity index (χ1v) is 9.10. The highest BCUT2D eigenvalue weighted by atomic mass is 31.2. The zero-order valence-corrected chi connectivity index (χ0v) is 15.0. The summed E-state index contributed by atoms with van der Waals surface area (Å²) in [6, 6.07) is 0. The first-order valence-electron chi connectivity index (χ1n) is 7.37. The van der Waals surface area contributed by atoms with Gasteiger partial charge in [-0.15, -0.1) is 0 Å². The van der Waals surface area contributed by atoms with Crippen LogP contribution in [0.2, 0.25) is 0 Å². The van der Waals surface area contributed by atoms with Gasteiger partial charge in [0.25, 0.3) is 0 Å². The van der Waals surface area contributed by atoms with Crippen molar-refractivity contribution in [2.45, 2.75) is 47.4 Å². The number of rotatable bonds is 9. The Bertz CT molecular complexity index is 608. The summed E-state index contributed by atoms with van der Waals surface area (Å²) in [4.78, 5) is 22.8. The number of carbonyl (C=O) groups is 2. The molecule has 1 aromatic rings. The Balaban J connectivity index is 3.26. The fraction of sp³-hybridized carbons (Fsp3) is 0.600. The Labute approximate surface area is 135 Å². The van der Waals surface area contributed by atoms with Gasteiger partial charge in [-0.2, -0.15) is 0 Å². The van der Waals surface area contributed by atoms with Crippen LogP contribution in [0.5, 0.6) is 0 Å². The fourth-order valence-corrected chi connectivity index (χ4v) is 3.92. The number of aryl methyl sites for hydroxylation is 1. The minimum absolute atomic E-state index is 0.0640. The summed E-state index contributed by atoms with van der Waals surface area (Å²) >= 11 is 0. The first-order chi connectivity index (χ1) is 10.7. The third-order valence-electron chi connectivity index (χ3n) is 3.06. The van der Waals surface area contributed by atoms with Crippen LogP contribution in [0.4, 0.5) is 0 Å². The molecule has 0 aliphatic carbocycles. The first kappa shape index (κ1) is 19.6. The van der Waals surface area contributed by atoms with Crippen molar-refractivity contribution in [1.29, 1.82) is 0 Å². The third kappa shape index (κ3) is 5.30. The van der Waals surface area contributed by atoms with Crippen molar-refractivity contribution in [1.82, 2.24) is 0 Å². The molecule has 0 aromatic carbocycles. The molecule has 23 heavy (non-hydrogen) atoms. The largest absolute Gasteiger partial charge is 0.461 e. The molecule has 0 amide bonds. The van der Waals surface area contributed by atoms with Crippen LogP contribution in [0.15, 0.2) is 4.42 Å². The smallest absolute Gasteiger partial charge is 0.335 e. The minimum Gasteiger partial charge on any atom is -0.461 e. The van der Waals surface area contributed by atoms with Gasteiger partial charge in [0.2, 0.25) is 0 Å². The number of carbonyl (C=O) groups excluding carboxylic acids is 2. The van der Waals surface area contributed by atoms with Gasteiger partial charge in [-0.3, -0.25) is 14.2 Å². The van der Waals surface area contributed by atoms with E-state index in [-0.39, 0.29) is 37.5 Å². The summed E-state index contributed by atoms with van der Waals surface area (Å²) in [5.74, 6) is -0.245. The molecule has 1 aromatic heterocycles. The number of hydrogen-bond donors (Lipinski definition) is 0. The van der Waals surface area contributed by atoms with E-state index in [2.05, 4.69) is 0 Å². The van der Waals surface area contributed by atoms with Gasteiger partial charge in [-0.25, -0.2) is 0 Å². The topological polar surface area (TPSA) is 92.0 Å². The summed E-state index contributed by atoms with van der Waals surface area (Å²) in [6.07, 6.45) is -0.114. The fourth-order valence-electron chi connectivity index (χ4n) is 2.16. The number of Topliss-reactive ketones (excluding diaryl/α,β-unsaturated/α-hetero) is 1. The van der Waals surface area contributed by atoms with Crippen LogP contribution in [-0.2, 0) is 35.9 Å². The van der Waals surface area contributed by atoms with E-state index in [1.807, 2.05) is 0 Å². The van der Waals surface area contributed by atoms with Crippen LogP contribution in [0.1, 0.15) is 55.1 Å². The van der Waals surface area contributed by atoms with E-state index in [1.165, 1.54) is 13.8 Å². The van der Waals surface area contributed by atoms with Crippen molar-refractivity contribution in [2.75, 3.05) is 13.2 Å². The highest BCUT2D eigenvalue weighted by Gasteiger charge is 2.31. The van der Waals surface area contributed by atoms with Crippen LogP contribution < -0.4 is 0 Å². The van der Waals surface area contributed by atoms with Gasteiger partial charge < -0.3 is 18.2 Å². The van der Waals surface area contributed by atoms with Crippen molar-refractivity contribution in [3.8, 4) is 0 Å². The maximum Gasteiger partial charge on any atom is 0.335 e. The number of furan rings is 1. The lowest BCUT2D eigenvalue weighted by Crippen LogP contribution is -2.06. The Hall–Kier alpha value is -1.43. The number of ether oxygens (including phenoxy) is 1. The standard InChI is InChI=1S/C15H23O7P/c1-6-20-23(18,21-7-2)9-14-13(8-19-12(5)17)11(4)22-15(14)10(3)16/h6-9H2,1-5H3. The summed E-state index contributed by atoms with van der Waals surface area (Å²) < 4.78 is 33.8. The predicted octanol–water partition coefficient (Wildman–Crippen LogP) is 3.62. The number of hydrogen-bond acceptors (Lipinski definition) is 7. The lowest BCUT2D eigenvalue weighted by molar-refractivity contribution is -0.142. The summed E-state index contributed by atoms with van der Waals surface area (Å²) in [5, 5.41) is 0. The highest BCUT2D eigenvalue weighted by Crippen LogP contribution is 2.52. The van der Waals surface area contributed by atoms with E-state index in [9.17, 15) is 14.2 Å². The van der Waals surface area contributed by atoms with Gasteiger partial charge in [0, 0.05) is 25.0 Å². The van der Waals surface area contributed by atoms with Crippen molar-refractivity contribution in [2.24, 2.45) is 0 Å². The highest BCUT2D eigenvalue weighted by molar-refractivity contribution is 7.53. The molecule has 0 fully saturated rings. The minimum atomic E-state index is -3.42. The lowest BCUT2D eigenvalue weighted by Gasteiger charge is -2.17. The molecule has 0 radical (unpaired) electrons. The molecule has 1 rings (SSSR count). The average molecular weight is 346 g/mol. The lowest BCUT2D eigenvalue weighted by atomic mass is 10.1. The zero-order valence-electron chi connectivity index (χ0n) is 14.1. The van der Waals surface area contributed by atoms with Gasteiger partial charge in [0.15, 0.2) is 11.5 Å². The quantitative estimate of drug-likeness (QED) is 0.383. The van der Waals surface area contributed by atoms with Crippen LogP contribution in [-0.4, -0.2) is 25.0 Å². The molecule has 0 unspecified atom stereocenters. The molecule has 1 heterocycles. The maximum absolute atomic E-state index is 12.8. The van der Waals surface area contributed by atoms with Crippen LogP contribution in [0, 0.1) is 6.92 Å². The Morgan fingerprint density at radius 1 is 1.09 bits per heavy atom. The molecule has 0 aliphatic heterocycles. The van der Waals surface area contributed by atoms with Gasteiger partial charge in [-0.1, -0.05) is 0 Å². The van der Waals surface area contributed by atoms with Crippen LogP contribution >= 0.6 is 7.60 Å². The Morgan fingerprint density at radius 3 is 2.09 bits per heavy atom. The molecule has 7 nitrogen and oxygen atoms in total. The molecular formula is C15H23O7P. The second-order valence-electron chi connectivity index (χ2n) is 4.89. The van der Waals surface area contributed by atoms with E-state index in [0.717, 1.165) is 0 Å². The van der Waals surface area contributed by atoms with Crippen molar-refractivity contribution in [3.05, 3.63) is 22.6 Å². The second kappa shape index (κ2) is 8.43. The van der Waals surface area contributed by atoms with E-state index in [1.54, 1.807) is 20.8 Å². The summed E-state index contributed by atoms with van der Waals surface area (Å²) in [5.41, 5.74) is 0.923. The molecule has 0 bridgehead atoms. The van der Waals surface area contributed by atoms with Gasteiger partial charge in [-0.05, 0) is 20.8 Å². The van der Waals surface area contributed by atoms with E-state index in [4.69, 9.17) is 18.2 Å². The van der Waals surface area contributed by atoms with Crippen LogP contribution in [0.25, 0.3) is 0 Å². The molecule has 0 spiro atoms. The van der Waals surface area contributed by atoms with Gasteiger partial charge >= 0.3 is 13.6 Å². The third-order valence-corrected chi connectivity index (χ3v) is 5.07. The molecule has 0 atom stereocenters. The normalized spacial score (nSPS) is 11.5. The molecule has 0 N–H and O–H groups in total. The molecular weight excluding hydrogens is 323 g/mol. The Kier molecular flexibility index (Phi) is 7.19. The van der Waals surface area contributed by atoms with Gasteiger partial charge in [0.1, 0.15) is 12.4 Å². The van der Waals surface area contributed by atoms with Crippen molar-refractivity contribution < 1.29 is 32.4 Å². The average Bonchev–Trinajstić information content (AvgIpc) is 2.73. The molecule has 0 saturated carbocycles. The zero-order chi connectivity index (χ0) is 17.6. The van der Waals surface area contributed by atoms with Crippen LogP contribution in [0.3, 0.4) is 0 Å². The van der Waals surface area contributed by atoms with E-state index in [0.29, 0.717) is 16.9 Å². The molecule has 8 heteroatoms. The summed E-state index contributed by atoms with van der Waals surface area (Å²) in [7, 11) is -3.42. The monoisotopic (exact) mass is 346 g/mol. The van der Waals surface area contributed by atoms with E-state index >= 15 is 0 Å². The van der Waals surface area contributed by atoms with E-state index < -0.39 is 13.6 Å². The maximum atomic E-state index is 12.8. The summed E-state index contributed by atoms with van der Waals surface area (Å²) in [6.45, 7) is 8.06. The SMILES string of the molecule is CCOP(=O)(Cc1c(C(C)=O)oc(C)c1COC(C)=O)OCC. The van der Waals surface area contributed by atoms with Gasteiger partial charge in [0.05, 0.1) is 19.4 Å². The Morgan fingerprint density at radius 2 is 1.65 bits per heavy atom. The van der Waals surface area contributed by atoms with Crippen molar-refractivity contribution >= 4 is 19.3 Å². The number of ketones is 1. The second-order valence-corrected chi connectivity index (χ2v) is 6.94. The predicted molar refractivity (Wildman–Crippen MR) is 83.5 cm³/mol. The van der Waals surface area contributed by atoms with Crippen molar-refractivity contribution in [3.63, 3.8) is 0 Å². The molecule has 130 valence electrons.